The lowest BCUT2D eigenvalue weighted by atomic mass is 10.3. The van der Waals surface area contributed by atoms with Gasteiger partial charge in [0.15, 0.2) is 0 Å². The van der Waals surface area contributed by atoms with Crippen molar-refractivity contribution in [2.45, 2.75) is 42.0 Å². The maximum atomic E-state index is 12.2. The van der Waals surface area contributed by atoms with Crippen LogP contribution in [0.5, 0.6) is 0 Å². The van der Waals surface area contributed by atoms with Crippen molar-refractivity contribution in [3.05, 3.63) is 17.0 Å². The molecule has 2 N–H and O–H groups in total. The summed E-state index contributed by atoms with van der Waals surface area (Å²) in [6, 6.07) is 3.31. The number of methoxy groups -OCH3 is 1. The van der Waals surface area contributed by atoms with E-state index in [1.807, 2.05) is 0 Å². The fraction of sp³-hybridized carbons (Fsp3) is 0.667. The zero-order chi connectivity index (χ0) is 13.9. The predicted octanol–water partition coefficient (Wildman–Crippen LogP) is 1.13. The van der Waals surface area contributed by atoms with E-state index in [-0.39, 0.29) is 18.8 Å². The van der Waals surface area contributed by atoms with Gasteiger partial charge < -0.3 is 9.84 Å². The first-order chi connectivity index (χ1) is 9.05. The summed E-state index contributed by atoms with van der Waals surface area (Å²) in [5.74, 6) is 0. The molecule has 2 unspecified atom stereocenters. The highest BCUT2D eigenvalue weighted by atomic mass is 32.2. The molecule has 1 heterocycles. The molecular formula is C12H19NO4S2. The van der Waals surface area contributed by atoms with Gasteiger partial charge in [-0.05, 0) is 31.4 Å². The highest BCUT2D eigenvalue weighted by Gasteiger charge is 2.29. The van der Waals surface area contributed by atoms with Crippen LogP contribution in [0.25, 0.3) is 0 Å². The smallest absolute Gasteiger partial charge is 0.250 e. The summed E-state index contributed by atoms with van der Waals surface area (Å²) in [5, 5.41) is 8.85. The Hall–Kier alpha value is -0.470. The van der Waals surface area contributed by atoms with E-state index in [0.717, 1.165) is 24.1 Å². The van der Waals surface area contributed by atoms with Crippen molar-refractivity contribution in [3.8, 4) is 0 Å². The molecule has 2 atom stereocenters. The van der Waals surface area contributed by atoms with Crippen molar-refractivity contribution in [3.63, 3.8) is 0 Å². The first kappa shape index (κ1) is 14.9. The topological polar surface area (TPSA) is 75.6 Å². The average molecular weight is 305 g/mol. The molecule has 0 bridgehead atoms. The lowest BCUT2D eigenvalue weighted by Gasteiger charge is -2.12. The van der Waals surface area contributed by atoms with Crippen molar-refractivity contribution in [1.82, 2.24) is 4.72 Å². The van der Waals surface area contributed by atoms with Gasteiger partial charge in [0.25, 0.3) is 0 Å². The molecule has 1 aromatic heterocycles. The molecule has 0 saturated heterocycles. The van der Waals surface area contributed by atoms with E-state index in [0.29, 0.717) is 10.6 Å². The van der Waals surface area contributed by atoms with E-state index in [2.05, 4.69) is 4.72 Å². The number of rotatable bonds is 6. The molecule has 108 valence electrons. The summed E-state index contributed by atoms with van der Waals surface area (Å²) in [6.45, 7) is 0.0333. The van der Waals surface area contributed by atoms with Crippen LogP contribution in [0.15, 0.2) is 16.3 Å². The van der Waals surface area contributed by atoms with Crippen LogP contribution >= 0.6 is 11.3 Å². The van der Waals surface area contributed by atoms with Gasteiger partial charge in [0.2, 0.25) is 10.0 Å². The van der Waals surface area contributed by atoms with Crippen LogP contribution in [-0.2, 0) is 21.2 Å². The number of hydrogen-bond donors (Lipinski definition) is 2. The molecular weight excluding hydrogens is 286 g/mol. The minimum Gasteiger partial charge on any atom is -0.396 e. The number of aliphatic hydroxyl groups is 1. The van der Waals surface area contributed by atoms with Crippen LogP contribution in [0, 0.1) is 0 Å². The van der Waals surface area contributed by atoms with Crippen molar-refractivity contribution in [2.75, 3.05) is 13.7 Å². The predicted molar refractivity (Wildman–Crippen MR) is 73.9 cm³/mol. The second-order valence-corrected chi connectivity index (χ2v) is 7.79. The molecule has 0 aliphatic heterocycles. The van der Waals surface area contributed by atoms with Gasteiger partial charge in [-0.3, -0.25) is 0 Å². The minimum atomic E-state index is -3.44. The Morgan fingerprint density at radius 1 is 1.47 bits per heavy atom. The van der Waals surface area contributed by atoms with Crippen LogP contribution in [-0.4, -0.2) is 39.4 Å². The third-order valence-corrected chi connectivity index (χ3v) is 6.46. The van der Waals surface area contributed by atoms with Gasteiger partial charge >= 0.3 is 0 Å². The monoisotopic (exact) mass is 305 g/mol. The first-order valence-corrected chi connectivity index (χ1v) is 8.60. The fourth-order valence-electron chi connectivity index (χ4n) is 2.29. The normalized spacial score (nSPS) is 23.9. The Balaban J connectivity index is 2.01. The zero-order valence-electron chi connectivity index (χ0n) is 10.8. The number of sulfonamides is 1. The number of nitrogens with one attached hydrogen (secondary N) is 1. The first-order valence-electron chi connectivity index (χ1n) is 6.30. The molecule has 0 amide bonds. The van der Waals surface area contributed by atoms with Crippen molar-refractivity contribution < 1.29 is 18.3 Å². The molecule has 2 rings (SSSR count). The highest BCUT2D eigenvalue weighted by molar-refractivity contribution is 7.91. The molecule has 5 nitrogen and oxygen atoms in total. The van der Waals surface area contributed by atoms with Crippen LogP contribution in [0.1, 0.15) is 24.1 Å². The van der Waals surface area contributed by atoms with Crippen LogP contribution in [0.4, 0.5) is 0 Å². The Morgan fingerprint density at radius 3 is 2.89 bits per heavy atom. The molecule has 1 aliphatic rings. The zero-order valence-corrected chi connectivity index (χ0v) is 12.5. The second-order valence-electron chi connectivity index (χ2n) is 4.68. The minimum absolute atomic E-state index is 0.0333. The molecule has 1 fully saturated rings. The van der Waals surface area contributed by atoms with Crippen molar-refractivity contribution >= 4 is 21.4 Å². The molecule has 1 saturated carbocycles. The molecule has 19 heavy (non-hydrogen) atoms. The lowest BCUT2D eigenvalue weighted by molar-refractivity contribution is 0.107. The summed E-state index contributed by atoms with van der Waals surface area (Å²) in [6.07, 6.45) is 3.08. The number of hydrogen-bond acceptors (Lipinski definition) is 5. The van der Waals surface area contributed by atoms with Crippen LogP contribution in [0.3, 0.4) is 0 Å². The van der Waals surface area contributed by atoms with E-state index >= 15 is 0 Å². The fourth-order valence-corrected chi connectivity index (χ4v) is 4.93. The van der Waals surface area contributed by atoms with Crippen LogP contribution < -0.4 is 4.72 Å². The van der Waals surface area contributed by atoms with Gasteiger partial charge in [0, 0.05) is 31.1 Å². The largest absolute Gasteiger partial charge is 0.396 e. The van der Waals surface area contributed by atoms with Gasteiger partial charge in [-0.1, -0.05) is 0 Å². The summed E-state index contributed by atoms with van der Waals surface area (Å²) >= 11 is 1.21. The number of ether oxygens (including phenoxy) is 1. The Morgan fingerprint density at radius 2 is 2.26 bits per heavy atom. The van der Waals surface area contributed by atoms with Crippen LogP contribution in [0.2, 0.25) is 0 Å². The van der Waals surface area contributed by atoms with E-state index in [1.165, 1.54) is 11.3 Å². The number of aliphatic hydroxyl groups excluding tert-OH is 1. The molecule has 0 radical (unpaired) electrons. The van der Waals surface area contributed by atoms with E-state index < -0.39 is 10.0 Å². The summed E-state index contributed by atoms with van der Waals surface area (Å²) in [4.78, 5) is 0.879. The highest BCUT2D eigenvalue weighted by Crippen LogP contribution is 2.26. The van der Waals surface area contributed by atoms with Gasteiger partial charge in [-0.25, -0.2) is 13.1 Å². The quantitative estimate of drug-likeness (QED) is 0.826. The molecule has 0 aromatic carbocycles. The van der Waals surface area contributed by atoms with Gasteiger partial charge in [0.1, 0.15) is 4.21 Å². The molecule has 7 heteroatoms. The van der Waals surface area contributed by atoms with Gasteiger partial charge in [0.05, 0.1) is 6.10 Å². The molecule has 0 spiro atoms. The Bertz CT molecular complexity index is 512. The maximum Gasteiger partial charge on any atom is 0.250 e. The average Bonchev–Trinajstić information content (AvgIpc) is 2.98. The summed E-state index contributed by atoms with van der Waals surface area (Å²) in [7, 11) is -1.79. The standard InChI is InChI=1S/C12H19NO4S2/c1-17-10-3-2-9(8-10)13-19(15,16)12-5-4-11(18-12)6-7-14/h4-5,9-10,13-14H,2-3,6-8H2,1H3. The Labute approximate surface area is 117 Å². The van der Waals surface area contributed by atoms with E-state index in [9.17, 15) is 8.42 Å². The summed E-state index contributed by atoms with van der Waals surface area (Å²) < 4.78 is 32.7. The lowest BCUT2D eigenvalue weighted by Crippen LogP contribution is -2.32. The number of thiophene rings is 1. The van der Waals surface area contributed by atoms with Crippen molar-refractivity contribution in [1.29, 1.82) is 0 Å². The molecule has 1 aliphatic carbocycles. The van der Waals surface area contributed by atoms with Crippen molar-refractivity contribution in [2.24, 2.45) is 0 Å². The summed E-state index contributed by atoms with van der Waals surface area (Å²) in [5.41, 5.74) is 0. The van der Waals surface area contributed by atoms with Gasteiger partial charge in [-0.15, -0.1) is 11.3 Å². The molecule has 1 aromatic rings. The Kier molecular flexibility index (Phi) is 4.97. The third-order valence-electron chi connectivity index (χ3n) is 3.30. The second kappa shape index (κ2) is 6.32. The van der Waals surface area contributed by atoms with Gasteiger partial charge in [-0.2, -0.15) is 0 Å². The maximum absolute atomic E-state index is 12.2. The third kappa shape index (κ3) is 3.76. The van der Waals surface area contributed by atoms with E-state index in [4.69, 9.17) is 9.84 Å². The van der Waals surface area contributed by atoms with E-state index in [1.54, 1.807) is 19.2 Å². The SMILES string of the molecule is COC1CCC(NS(=O)(=O)c2ccc(CCO)s2)C1.